The summed E-state index contributed by atoms with van der Waals surface area (Å²) in [6.45, 7) is 3.20. The summed E-state index contributed by atoms with van der Waals surface area (Å²) in [6, 6.07) is 6.46. The van der Waals surface area contributed by atoms with Crippen molar-refractivity contribution in [3.05, 3.63) is 53.3 Å². The second kappa shape index (κ2) is 7.08. The van der Waals surface area contributed by atoms with E-state index in [4.69, 9.17) is 4.74 Å². The third-order valence-corrected chi connectivity index (χ3v) is 6.85. The molecule has 0 radical (unpaired) electrons. The van der Waals surface area contributed by atoms with Crippen LogP contribution in [0.15, 0.2) is 42.1 Å². The Morgan fingerprint density at radius 1 is 1.04 bits per heavy atom. The number of allylic oxidation sites excluding steroid dienone is 3. The molecule has 0 aromatic heterocycles. The van der Waals surface area contributed by atoms with Crippen molar-refractivity contribution in [2.45, 2.75) is 31.8 Å². The maximum absolute atomic E-state index is 11.6. The van der Waals surface area contributed by atoms with Crippen LogP contribution in [-0.2, 0) is 22.9 Å². The summed E-state index contributed by atoms with van der Waals surface area (Å²) < 4.78 is 31.0. The lowest BCUT2D eigenvalue weighted by Gasteiger charge is -2.30. The molecule has 1 saturated heterocycles. The zero-order valence-corrected chi connectivity index (χ0v) is 16.0. The Morgan fingerprint density at radius 2 is 1.73 bits per heavy atom. The summed E-state index contributed by atoms with van der Waals surface area (Å²) in [7, 11) is -3.08. The zero-order chi connectivity index (χ0) is 18.1. The SMILES string of the molecule is CS(=O)(=O)N1CCC(Oc2ccc3c(c2)CCN(C2=CC=C2)CC3)CC1. The third-order valence-electron chi connectivity index (χ3n) is 5.55. The van der Waals surface area contributed by atoms with Gasteiger partial charge in [-0.1, -0.05) is 12.1 Å². The van der Waals surface area contributed by atoms with Crippen LogP contribution in [0.1, 0.15) is 24.0 Å². The number of benzene rings is 1. The molecule has 0 unspecified atom stereocenters. The summed E-state index contributed by atoms with van der Waals surface area (Å²) >= 11 is 0. The van der Waals surface area contributed by atoms with Crippen LogP contribution in [0.5, 0.6) is 5.75 Å². The van der Waals surface area contributed by atoms with Crippen molar-refractivity contribution < 1.29 is 13.2 Å². The number of rotatable bonds is 4. The van der Waals surface area contributed by atoms with E-state index in [9.17, 15) is 8.42 Å². The Bertz CT molecular complexity index is 837. The van der Waals surface area contributed by atoms with E-state index in [-0.39, 0.29) is 6.10 Å². The van der Waals surface area contributed by atoms with Crippen LogP contribution in [0, 0.1) is 0 Å². The van der Waals surface area contributed by atoms with E-state index in [1.54, 1.807) is 4.31 Å². The molecule has 0 atom stereocenters. The normalized spacial score (nSPS) is 21.6. The van der Waals surface area contributed by atoms with Crippen molar-refractivity contribution in [2.24, 2.45) is 0 Å². The number of sulfonamides is 1. The van der Waals surface area contributed by atoms with Crippen molar-refractivity contribution in [3.8, 4) is 5.75 Å². The van der Waals surface area contributed by atoms with Crippen molar-refractivity contribution in [3.63, 3.8) is 0 Å². The summed E-state index contributed by atoms with van der Waals surface area (Å²) in [5.41, 5.74) is 4.13. The summed E-state index contributed by atoms with van der Waals surface area (Å²) in [4.78, 5) is 2.45. The van der Waals surface area contributed by atoms with Crippen LogP contribution in [-0.4, -0.2) is 56.2 Å². The van der Waals surface area contributed by atoms with Gasteiger partial charge in [0.05, 0.1) is 6.26 Å². The molecule has 2 heterocycles. The predicted octanol–water partition coefficient (Wildman–Crippen LogP) is 2.34. The molecule has 5 nitrogen and oxygen atoms in total. The average molecular weight is 375 g/mol. The van der Waals surface area contributed by atoms with Crippen LogP contribution >= 0.6 is 0 Å². The molecule has 0 spiro atoms. The Morgan fingerprint density at radius 3 is 2.35 bits per heavy atom. The van der Waals surface area contributed by atoms with Crippen LogP contribution in [0.25, 0.3) is 0 Å². The maximum Gasteiger partial charge on any atom is 0.211 e. The highest BCUT2D eigenvalue weighted by molar-refractivity contribution is 7.88. The molecule has 2 aliphatic heterocycles. The number of ether oxygens (including phenoxy) is 1. The van der Waals surface area contributed by atoms with E-state index in [1.165, 1.54) is 23.1 Å². The minimum Gasteiger partial charge on any atom is -0.490 e. The minimum atomic E-state index is -3.08. The van der Waals surface area contributed by atoms with Gasteiger partial charge in [-0.3, -0.25) is 0 Å². The predicted molar refractivity (Wildman–Crippen MR) is 103 cm³/mol. The number of nitrogens with zero attached hydrogens (tertiary/aromatic N) is 2. The molecule has 1 fully saturated rings. The topological polar surface area (TPSA) is 49.9 Å². The van der Waals surface area contributed by atoms with E-state index in [0.717, 1.165) is 44.5 Å². The molecule has 0 amide bonds. The van der Waals surface area contributed by atoms with Gasteiger partial charge in [0.25, 0.3) is 0 Å². The van der Waals surface area contributed by atoms with E-state index in [0.29, 0.717) is 13.1 Å². The highest BCUT2D eigenvalue weighted by Crippen LogP contribution is 2.27. The second-order valence-electron chi connectivity index (χ2n) is 7.35. The molecule has 1 aromatic carbocycles. The fourth-order valence-corrected chi connectivity index (χ4v) is 4.77. The highest BCUT2D eigenvalue weighted by Gasteiger charge is 2.26. The van der Waals surface area contributed by atoms with Gasteiger partial charge in [0.1, 0.15) is 11.9 Å². The van der Waals surface area contributed by atoms with Gasteiger partial charge in [0, 0.05) is 31.9 Å². The van der Waals surface area contributed by atoms with E-state index >= 15 is 0 Å². The molecule has 26 heavy (non-hydrogen) atoms. The number of hydrogen-bond acceptors (Lipinski definition) is 4. The molecular weight excluding hydrogens is 348 g/mol. The molecule has 4 rings (SSSR count). The first-order chi connectivity index (χ1) is 12.5. The van der Waals surface area contributed by atoms with E-state index in [2.05, 4.69) is 41.3 Å². The van der Waals surface area contributed by atoms with Crippen molar-refractivity contribution in [1.29, 1.82) is 0 Å². The Labute approximate surface area is 156 Å². The molecule has 6 heteroatoms. The Hall–Kier alpha value is -1.79. The van der Waals surface area contributed by atoms with Crippen LogP contribution in [0.4, 0.5) is 0 Å². The van der Waals surface area contributed by atoms with Crippen LogP contribution < -0.4 is 4.74 Å². The molecular formula is C20H26N2O3S. The van der Waals surface area contributed by atoms with Gasteiger partial charge < -0.3 is 9.64 Å². The number of piperidine rings is 1. The van der Waals surface area contributed by atoms with Gasteiger partial charge >= 0.3 is 0 Å². The summed E-state index contributed by atoms with van der Waals surface area (Å²) in [5, 5.41) is 0. The van der Waals surface area contributed by atoms with E-state index in [1.807, 2.05) is 0 Å². The maximum atomic E-state index is 11.6. The fraction of sp³-hybridized carbons (Fsp3) is 0.500. The summed E-state index contributed by atoms with van der Waals surface area (Å²) in [5.74, 6) is 0.915. The molecule has 0 saturated carbocycles. The Balaban J connectivity index is 1.37. The lowest BCUT2D eigenvalue weighted by atomic mass is 10.0. The number of fused-ring (bicyclic) bond motifs is 1. The zero-order valence-electron chi connectivity index (χ0n) is 15.2. The van der Waals surface area contributed by atoms with Crippen molar-refractivity contribution >= 4 is 10.0 Å². The first-order valence-corrected chi connectivity index (χ1v) is 11.2. The summed E-state index contributed by atoms with van der Waals surface area (Å²) in [6.07, 6.45) is 11.4. The van der Waals surface area contributed by atoms with Crippen LogP contribution in [0.3, 0.4) is 0 Å². The quantitative estimate of drug-likeness (QED) is 0.812. The Kier molecular flexibility index (Phi) is 4.80. The van der Waals surface area contributed by atoms with E-state index < -0.39 is 10.0 Å². The lowest BCUT2D eigenvalue weighted by Crippen LogP contribution is -2.41. The molecule has 140 valence electrons. The van der Waals surface area contributed by atoms with Crippen LogP contribution in [0.2, 0.25) is 0 Å². The standard InChI is InChI=1S/C20H26N2O3S/c1-26(23,24)22-13-9-19(10-14-22)25-20-6-5-16-7-11-21(18-3-2-4-18)12-8-17(16)15-20/h2-6,15,19H,7-14H2,1H3. The molecule has 1 aromatic rings. The monoisotopic (exact) mass is 374 g/mol. The molecule has 1 aliphatic carbocycles. The first-order valence-electron chi connectivity index (χ1n) is 9.36. The average Bonchev–Trinajstić information content (AvgIpc) is 2.76. The lowest BCUT2D eigenvalue weighted by molar-refractivity contribution is 0.135. The third kappa shape index (κ3) is 3.81. The van der Waals surface area contributed by atoms with Gasteiger partial charge in [-0.25, -0.2) is 12.7 Å². The largest absolute Gasteiger partial charge is 0.490 e. The fourth-order valence-electron chi connectivity index (χ4n) is 3.90. The first kappa shape index (κ1) is 17.6. The molecule has 3 aliphatic rings. The van der Waals surface area contributed by atoms with Gasteiger partial charge in [-0.05, 0) is 61.1 Å². The number of hydrogen-bond donors (Lipinski definition) is 0. The highest BCUT2D eigenvalue weighted by atomic mass is 32.2. The van der Waals surface area contributed by atoms with Gasteiger partial charge in [-0.15, -0.1) is 0 Å². The van der Waals surface area contributed by atoms with Gasteiger partial charge in [0.15, 0.2) is 0 Å². The van der Waals surface area contributed by atoms with Crippen molar-refractivity contribution in [1.82, 2.24) is 9.21 Å². The minimum absolute atomic E-state index is 0.0959. The smallest absolute Gasteiger partial charge is 0.211 e. The van der Waals surface area contributed by atoms with Gasteiger partial charge in [0.2, 0.25) is 10.0 Å². The second-order valence-corrected chi connectivity index (χ2v) is 9.33. The van der Waals surface area contributed by atoms with Gasteiger partial charge in [-0.2, -0.15) is 0 Å². The van der Waals surface area contributed by atoms with Crippen molar-refractivity contribution in [2.75, 3.05) is 32.4 Å². The molecule has 0 bridgehead atoms. The molecule has 0 N–H and O–H groups in total.